The highest BCUT2D eigenvalue weighted by Gasteiger charge is 2.12. The number of hydrogen-bond acceptors (Lipinski definition) is 5. The van der Waals surface area contributed by atoms with Gasteiger partial charge in [0.1, 0.15) is 0 Å². The van der Waals surface area contributed by atoms with Gasteiger partial charge in [-0.2, -0.15) is 4.98 Å². The largest absolute Gasteiger partial charge is 0.338 e. The Morgan fingerprint density at radius 3 is 3.06 bits per heavy atom. The maximum absolute atomic E-state index is 5.79. The number of aromatic nitrogens is 3. The smallest absolute Gasteiger partial charge is 0.243 e. The highest BCUT2D eigenvalue weighted by Crippen LogP contribution is 2.12. The van der Waals surface area contributed by atoms with E-state index in [1.165, 1.54) is 0 Å². The minimum Gasteiger partial charge on any atom is -0.338 e. The molecule has 2 rings (SSSR count). The zero-order valence-electron chi connectivity index (χ0n) is 9.13. The van der Waals surface area contributed by atoms with E-state index >= 15 is 0 Å². The second-order valence-electron chi connectivity index (χ2n) is 3.60. The summed E-state index contributed by atoms with van der Waals surface area (Å²) in [6, 6.07) is 3.69. The highest BCUT2D eigenvalue weighted by molar-refractivity contribution is 5.13. The first-order valence-corrected chi connectivity index (χ1v) is 5.26. The zero-order valence-corrected chi connectivity index (χ0v) is 9.13. The zero-order chi connectivity index (χ0) is 11.4. The van der Waals surface area contributed by atoms with Gasteiger partial charge in [-0.15, -0.1) is 0 Å². The Bertz CT molecular complexity index is 440. The van der Waals surface area contributed by atoms with Crippen LogP contribution in [0.4, 0.5) is 0 Å². The summed E-state index contributed by atoms with van der Waals surface area (Å²) in [4.78, 5) is 8.27. The van der Waals surface area contributed by atoms with Crippen molar-refractivity contribution in [3.8, 4) is 0 Å². The Balaban J connectivity index is 2.09. The summed E-state index contributed by atoms with van der Waals surface area (Å²) in [7, 11) is 0. The van der Waals surface area contributed by atoms with E-state index in [4.69, 9.17) is 10.3 Å². The van der Waals surface area contributed by atoms with Crippen LogP contribution in [-0.4, -0.2) is 15.1 Å². The van der Waals surface area contributed by atoms with Gasteiger partial charge in [-0.25, -0.2) is 0 Å². The summed E-state index contributed by atoms with van der Waals surface area (Å²) in [5.74, 6) is 1.15. The normalized spacial score (nSPS) is 12.6. The molecule has 0 bridgehead atoms. The van der Waals surface area contributed by atoms with Gasteiger partial charge in [0.15, 0.2) is 5.82 Å². The molecule has 2 heterocycles. The van der Waals surface area contributed by atoms with Crippen molar-refractivity contribution in [2.75, 3.05) is 0 Å². The van der Waals surface area contributed by atoms with Crippen molar-refractivity contribution in [1.82, 2.24) is 15.1 Å². The third-order valence-electron chi connectivity index (χ3n) is 2.33. The van der Waals surface area contributed by atoms with Gasteiger partial charge in [-0.05, 0) is 18.1 Å². The molecule has 2 aromatic heterocycles. The highest BCUT2D eigenvalue weighted by atomic mass is 16.5. The minimum absolute atomic E-state index is 0.171. The van der Waals surface area contributed by atoms with Crippen LogP contribution >= 0.6 is 0 Å². The molecule has 16 heavy (non-hydrogen) atoms. The van der Waals surface area contributed by atoms with Crippen LogP contribution in [0, 0.1) is 0 Å². The predicted octanol–water partition coefficient (Wildman–Crippen LogP) is 1.47. The van der Waals surface area contributed by atoms with Crippen molar-refractivity contribution in [1.29, 1.82) is 0 Å². The summed E-state index contributed by atoms with van der Waals surface area (Å²) in [5.41, 5.74) is 6.85. The molecule has 0 radical (unpaired) electrons. The van der Waals surface area contributed by atoms with Gasteiger partial charge in [0, 0.05) is 18.8 Å². The van der Waals surface area contributed by atoms with Crippen LogP contribution in [0.3, 0.4) is 0 Å². The van der Waals surface area contributed by atoms with Gasteiger partial charge >= 0.3 is 0 Å². The molecule has 0 fully saturated rings. The van der Waals surface area contributed by atoms with Gasteiger partial charge in [0.05, 0.1) is 6.04 Å². The van der Waals surface area contributed by atoms with Gasteiger partial charge in [0.25, 0.3) is 0 Å². The lowest BCUT2D eigenvalue weighted by atomic mass is 10.2. The second-order valence-corrected chi connectivity index (χ2v) is 3.60. The Kier molecular flexibility index (Phi) is 3.26. The maximum atomic E-state index is 5.79. The Hall–Kier alpha value is -1.75. The molecule has 2 N–H and O–H groups in total. The van der Waals surface area contributed by atoms with Crippen LogP contribution < -0.4 is 5.73 Å². The van der Waals surface area contributed by atoms with E-state index in [0.717, 1.165) is 12.0 Å². The minimum atomic E-state index is -0.171. The van der Waals surface area contributed by atoms with Crippen molar-refractivity contribution in [3.05, 3.63) is 41.8 Å². The summed E-state index contributed by atoms with van der Waals surface area (Å²) in [6.07, 6.45) is 4.93. The first-order chi connectivity index (χ1) is 7.79. The molecule has 0 aliphatic carbocycles. The van der Waals surface area contributed by atoms with Crippen LogP contribution in [0.5, 0.6) is 0 Å². The van der Waals surface area contributed by atoms with Crippen LogP contribution in [0.2, 0.25) is 0 Å². The molecule has 5 nitrogen and oxygen atoms in total. The average Bonchev–Trinajstić information content (AvgIpc) is 2.78. The molecular weight excluding hydrogens is 204 g/mol. The van der Waals surface area contributed by atoms with Crippen molar-refractivity contribution < 1.29 is 4.52 Å². The quantitative estimate of drug-likeness (QED) is 0.840. The number of hydrogen-bond donors (Lipinski definition) is 1. The van der Waals surface area contributed by atoms with Crippen molar-refractivity contribution in [3.63, 3.8) is 0 Å². The Morgan fingerprint density at radius 1 is 1.50 bits per heavy atom. The van der Waals surface area contributed by atoms with Crippen molar-refractivity contribution in [2.24, 2.45) is 5.73 Å². The third kappa shape index (κ3) is 2.43. The topological polar surface area (TPSA) is 77.8 Å². The number of nitrogens with zero attached hydrogens (tertiary/aromatic N) is 3. The van der Waals surface area contributed by atoms with E-state index in [1.807, 2.05) is 19.1 Å². The Labute approximate surface area is 93.7 Å². The van der Waals surface area contributed by atoms with E-state index in [-0.39, 0.29) is 6.04 Å². The standard InChI is InChI=1S/C11H14N4O/c1-2-9(12)11-14-10(15-16-11)6-8-4-3-5-13-7-8/h3-5,7,9H,2,6,12H2,1H3/t9-/m1/s1. The summed E-state index contributed by atoms with van der Waals surface area (Å²) >= 11 is 0. The van der Waals surface area contributed by atoms with E-state index in [2.05, 4.69) is 15.1 Å². The average molecular weight is 218 g/mol. The fourth-order valence-electron chi connectivity index (χ4n) is 1.35. The molecule has 5 heteroatoms. The SMILES string of the molecule is CC[C@@H](N)c1nc(Cc2cccnc2)no1. The molecule has 0 saturated carbocycles. The lowest BCUT2D eigenvalue weighted by Crippen LogP contribution is -2.08. The molecule has 1 atom stereocenters. The summed E-state index contributed by atoms with van der Waals surface area (Å²) < 4.78 is 5.08. The number of pyridine rings is 1. The maximum Gasteiger partial charge on any atom is 0.243 e. The van der Waals surface area contributed by atoms with E-state index in [9.17, 15) is 0 Å². The monoisotopic (exact) mass is 218 g/mol. The lowest BCUT2D eigenvalue weighted by molar-refractivity contribution is 0.348. The first kappa shape index (κ1) is 10.8. The fraction of sp³-hybridized carbons (Fsp3) is 0.364. The molecule has 0 saturated heterocycles. The fourth-order valence-corrected chi connectivity index (χ4v) is 1.35. The Morgan fingerprint density at radius 2 is 2.38 bits per heavy atom. The van der Waals surface area contributed by atoms with E-state index in [0.29, 0.717) is 18.1 Å². The third-order valence-corrected chi connectivity index (χ3v) is 2.33. The predicted molar refractivity (Wildman–Crippen MR) is 58.6 cm³/mol. The molecular formula is C11H14N4O. The molecule has 2 aromatic rings. The molecule has 84 valence electrons. The van der Waals surface area contributed by atoms with Crippen molar-refractivity contribution >= 4 is 0 Å². The van der Waals surface area contributed by atoms with E-state index < -0.39 is 0 Å². The molecule has 0 aliphatic heterocycles. The van der Waals surface area contributed by atoms with Crippen LogP contribution in [0.1, 0.15) is 36.7 Å². The molecule has 0 amide bonds. The second kappa shape index (κ2) is 4.85. The van der Waals surface area contributed by atoms with E-state index in [1.54, 1.807) is 12.4 Å². The lowest BCUT2D eigenvalue weighted by Gasteiger charge is -1.99. The summed E-state index contributed by atoms with van der Waals surface area (Å²) in [5, 5.41) is 3.89. The van der Waals surface area contributed by atoms with Gasteiger partial charge in [-0.3, -0.25) is 4.98 Å². The molecule has 0 aliphatic rings. The van der Waals surface area contributed by atoms with Crippen molar-refractivity contribution in [2.45, 2.75) is 25.8 Å². The number of nitrogens with two attached hydrogens (primary N) is 1. The number of rotatable bonds is 4. The first-order valence-electron chi connectivity index (χ1n) is 5.26. The molecule has 0 aromatic carbocycles. The molecule has 0 spiro atoms. The van der Waals surface area contributed by atoms with Gasteiger partial charge in [0.2, 0.25) is 5.89 Å². The van der Waals surface area contributed by atoms with Crippen LogP contribution in [0.25, 0.3) is 0 Å². The van der Waals surface area contributed by atoms with Gasteiger partial charge < -0.3 is 10.3 Å². The summed E-state index contributed by atoms with van der Waals surface area (Å²) in [6.45, 7) is 1.98. The van der Waals surface area contributed by atoms with Crippen LogP contribution in [-0.2, 0) is 6.42 Å². The van der Waals surface area contributed by atoms with Gasteiger partial charge in [-0.1, -0.05) is 18.1 Å². The van der Waals surface area contributed by atoms with Crippen LogP contribution in [0.15, 0.2) is 29.0 Å². The molecule has 0 unspecified atom stereocenters.